The first-order valence-electron chi connectivity index (χ1n) is 8.81. The maximum atomic E-state index is 12.3. The number of rotatable bonds is 6. The Kier molecular flexibility index (Phi) is 5.39. The average Bonchev–Trinajstić information content (AvgIpc) is 3.37. The Morgan fingerprint density at radius 1 is 1.21 bits per heavy atom. The summed E-state index contributed by atoms with van der Waals surface area (Å²) >= 11 is 1.19. The molecular weight excluding hydrogens is 394 g/mol. The van der Waals surface area contributed by atoms with Gasteiger partial charge in [0.25, 0.3) is 5.91 Å². The highest BCUT2D eigenvalue weighted by Gasteiger charge is 2.19. The van der Waals surface area contributed by atoms with Gasteiger partial charge in [-0.1, -0.05) is 12.1 Å². The van der Waals surface area contributed by atoms with Gasteiger partial charge < -0.3 is 19.5 Å². The number of esters is 1. The Labute approximate surface area is 170 Å². The number of nitrogens with zero attached hydrogens (tertiary/aromatic N) is 2. The quantitative estimate of drug-likeness (QED) is 0.623. The van der Waals surface area contributed by atoms with Crippen molar-refractivity contribution in [2.24, 2.45) is 0 Å². The number of thiazole rings is 1. The lowest BCUT2D eigenvalue weighted by Crippen LogP contribution is -2.28. The van der Waals surface area contributed by atoms with Crippen molar-refractivity contribution in [3.63, 3.8) is 0 Å². The second-order valence-electron chi connectivity index (χ2n) is 6.19. The molecule has 2 aromatic heterocycles. The van der Waals surface area contributed by atoms with Gasteiger partial charge in [-0.05, 0) is 36.8 Å². The number of ether oxygens (including phenoxy) is 3. The molecule has 0 atom stereocenters. The maximum absolute atomic E-state index is 12.3. The molecule has 3 aromatic rings. The summed E-state index contributed by atoms with van der Waals surface area (Å²) < 4.78 is 15.7. The second-order valence-corrected chi connectivity index (χ2v) is 7.19. The van der Waals surface area contributed by atoms with E-state index in [0.29, 0.717) is 32.8 Å². The Morgan fingerprint density at radius 2 is 2.07 bits per heavy atom. The molecule has 9 heteroatoms. The third-order valence-electron chi connectivity index (χ3n) is 4.13. The number of fused-ring (bicyclic) bond motifs is 1. The molecule has 0 aliphatic carbocycles. The van der Waals surface area contributed by atoms with Crippen LogP contribution in [0.25, 0.3) is 10.7 Å². The third kappa shape index (κ3) is 4.35. The molecule has 0 bridgehead atoms. The zero-order valence-corrected chi connectivity index (χ0v) is 16.3. The summed E-state index contributed by atoms with van der Waals surface area (Å²) in [6, 6.07) is 10.9. The van der Waals surface area contributed by atoms with Crippen LogP contribution >= 0.6 is 11.3 Å². The molecule has 8 nitrogen and oxygen atoms in total. The molecule has 29 heavy (non-hydrogen) atoms. The van der Waals surface area contributed by atoms with Crippen LogP contribution in [0.15, 0.2) is 42.6 Å². The van der Waals surface area contributed by atoms with Crippen molar-refractivity contribution in [2.75, 3.05) is 13.4 Å². The molecule has 0 unspecified atom stereocenters. The molecule has 0 spiro atoms. The minimum atomic E-state index is -0.583. The minimum absolute atomic E-state index is 0.195. The third-order valence-corrected chi connectivity index (χ3v) is 5.29. The predicted octanol–water partition coefficient (Wildman–Crippen LogP) is 2.72. The zero-order valence-electron chi connectivity index (χ0n) is 15.5. The normalized spacial score (nSPS) is 11.9. The van der Waals surface area contributed by atoms with E-state index in [1.165, 1.54) is 11.3 Å². The summed E-state index contributed by atoms with van der Waals surface area (Å²) in [7, 11) is 0. The van der Waals surface area contributed by atoms with Gasteiger partial charge in [-0.2, -0.15) is 0 Å². The van der Waals surface area contributed by atoms with E-state index in [-0.39, 0.29) is 19.9 Å². The Hall–Kier alpha value is -3.46. The molecule has 4 rings (SSSR count). The van der Waals surface area contributed by atoms with Crippen LogP contribution in [0, 0.1) is 6.92 Å². The number of amides is 1. The van der Waals surface area contributed by atoms with Gasteiger partial charge in [0.15, 0.2) is 18.1 Å². The molecule has 0 fully saturated rings. The Bertz CT molecular complexity index is 1050. The smallest absolute Gasteiger partial charge is 0.350 e. The molecule has 1 aliphatic rings. The van der Waals surface area contributed by atoms with Crippen molar-refractivity contribution in [1.29, 1.82) is 0 Å². The van der Waals surface area contributed by atoms with Crippen LogP contribution in [0.3, 0.4) is 0 Å². The molecule has 1 N–H and O–H groups in total. The zero-order chi connectivity index (χ0) is 20.2. The SMILES string of the molecule is Cc1nc(-c2ccccn2)sc1C(=O)OCC(=O)NCc1ccc2c(c1)OCO2. The summed E-state index contributed by atoms with van der Waals surface area (Å²) in [6.45, 7) is 1.83. The van der Waals surface area contributed by atoms with Crippen LogP contribution in [-0.4, -0.2) is 35.2 Å². The fourth-order valence-corrected chi connectivity index (χ4v) is 3.62. The van der Waals surface area contributed by atoms with Gasteiger partial charge in [0.2, 0.25) is 6.79 Å². The minimum Gasteiger partial charge on any atom is -0.454 e. The van der Waals surface area contributed by atoms with Crippen LogP contribution in [0.2, 0.25) is 0 Å². The number of carbonyl (C=O) groups is 2. The first-order chi connectivity index (χ1) is 14.1. The summed E-state index contributed by atoms with van der Waals surface area (Å²) in [4.78, 5) is 33.3. The highest BCUT2D eigenvalue weighted by molar-refractivity contribution is 7.17. The topological polar surface area (TPSA) is 99.6 Å². The number of benzene rings is 1. The van der Waals surface area contributed by atoms with Gasteiger partial charge in [-0.3, -0.25) is 9.78 Å². The van der Waals surface area contributed by atoms with Gasteiger partial charge in [0.1, 0.15) is 9.88 Å². The summed E-state index contributed by atoms with van der Waals surface area (Å²) in [6.07, 6.45) is 1.66. The van der Waals surface area contributed by atoms with Gasteiger partial charge in [0.05, 0.1) is 11.4 Å². The number of nitrogens with one attached hydrogen (secondary N) is 1. The summed E-state index contributed by atoms with van der Waals surface area (Å²) in [5.41, 5.74) is 2.08. The van der Waals surface area contributed by atoms with Gasteiger partial charge in [-0.15, -0.1) is 11.3 Å². The molecule has 1 aliphatic heterocycles. The highest BCUT2D eigenvalue weighted by atomic mass is 32.1. The average molecular weight is 411 g/mol. The lowest BCUT2D eigenvalue weighted by molar-refractivity contribution is -0.124. The Morgan fingerprint density at radius 3 is 2.90 bits per heavy atom. The van der Waals surface area contributed by atoms with Crippen molar-refractivity contribution in [1.82, 2.24) is 15.3 Å². The molecule has 0 radical (unpaired) electrons. The first kappa shape index (κ1) is 18.9. The van der Waals surface area contributed by atoms with Crippen molar-refractivity contribution in [3.05, 3.63) is 58.7 Å². The standard InChI is InChI=1S/C20H17N3O5S/c1-12-18(29-19(23-12)14-4-2-3-7-21-14)20(25)26-10-17(24)22-9-13-5-6-15-16(8-13)28-11-27-15/h2-8H,9-11H2,1H3,(H,22,24). The molecule has 1 amide bonds. The van der Waals surface area contributed by atoms with E-state index in [1.807, 2.05) is 18.2 Å². The van der Waals surface area contributed by atoms with Crippen LogP contribution < -0.4 is 14.8 Å². The van der Waals surface area contributed by atoms with Gasteiger partial charge >= 0.3 is 5.97 Å². The number of aryl methyl sites for hydroxylation is 1. The Balaban J connectivity index is 1.30. The predicted molar refractivity (Wildman–Crippen MR) is 105 cm³/mol. The number of aromatic nitrogens is 2. The van der Waals surface area contributed by atoms with Crippen LogP contribution in [0.1, 0.15) is 20.9 Å². The number of hydrogen-bond acceptors (Lipinski definition) is 8. The van der Waals surface area contributed by atoms with E-state index in [0.717, 1.165) is 5.56 Å². The van der Waals surface area contributed by atoms with E-state index >= 15 is 0 Å². The number of carbonyl (C=O) groups excluding carboxylic acids is 2. The highest BCUT2D eigenvalue weighted by Crippen LogP contribution is 2.32. The molecule has 148 valence electrons. The largest absolute Gasteiger partial charge is 0.454 e. The summed E-state index contributed by atoms with van der Waals surface area (Å²) in [5.74, 6) is 0.343. The lowest BCUT2D eigenvalue weighted by atomic mass is 10.2. The van der Waals surface area contributed by atoms with Crippen molar-refractivity contribution < 1.29 is 23.8 Å². The molecule has 1 aromatic carbocycles. The van der Waals surface area contributed by atoms with E-state index in [1.54, 1.807) is 31.3 Å². The fourth-order valence-electron chi connectivity index (χ4n) is 2.68. The van der Waals surface area contributed by atoms with Crippen molar-refractivity contribution in [2.45, 2.75) is 13.5 Å². The van der Waals surface area contributed by atoms with Gasteiger partial charge in [0, 0.05) is 12.7 Å². The van der Waals surface area contributed by atoms with Gasteiger partial charge in [-0.25, -0.2) is 9.78 Å². The molecule has 0 saturated carbocycles. The molecule has 0 saturated heterocycles. The van der Waals surface area contributed by atoms with E-state index in [4.69, 9.17) is 14.2 Å². The molecular formula is C20H17N3O5S. The maximum Gasteiger partial charge on any atom is 0.350 e. The summed E-state index contributed by atoms with van der Waals surface area (Å²) in [5, 5.41) is 3.34. The van der Waals surface area contributed by atoms with E-state index in [9.17, 15) is 9.59 Å². The number of hydrogen-bond donors (Lipinski definition) is 1. The van der Waals surface area contributed by atoms with E-state index < -0.39 is 11.9 Å². The monoisotopic (exact) mass is 411 g/mol. The van der Waals surface area contributed by atoms with Crippen LogP contribution in [-0.2, 0) is 16.1 Å². The van der Waals surface area contributed by atoms with Crippen molar-refractivity contribution >= 4 is 23.2 Å². The fraction of sp³-hybridized carbons (Fsp3) is 0.200. The number of pyridine rings is 1. The van der Waals surface area contributed by atoms with E-state index in [2.05, 4.69) is 15.3 Å². The van der Waals surface area contributed by atoms with Crippen molar-refractivity contribution in [3.8, 4) is 22.2 Å². The molecule has 3 heterocycles. The lowest BCUT2D eigenvalue weighted by Gasteiger charge is -2.07. The van der Waals surface area contributed by atoms with Crippen LogP contribution in [0.4, 0.5) is 0 Å². The first-order valence-corrected chi connectivity index (χ1v) is 9.63. The van der Waals surface area contributed by atoms with Crippen LogP contribution in [0.5, 0.6) is 11.5 Å². The second kappa shape index (κ2) is 8.27.